The number of benzene rings is 1. The molecule has 0 bridgehead atoms. The number of carbonyl (C=O) groups is 1. The van der Waals surface area contributed by atoms with Crippen LogP contribution >= 0.6 is 0 Å². The van der Waals surface area contributed by atoms with Gasteiger partial charge in [0.2, 0.25) is 0 Å². The van der Waals surface area contributed by atoms with Crippen molar-refractivity contribution in [3.05, 3.63) is 29.3 Å². The minimum absolute atomic E-state index is 0.128. The summed E-state index contributed by atoms with van der Waals surface area (Å²) in [5, 5.41) is 3.35. The molecule has 1 aromatic carbocycles. The van der Waals surface area contributed by atoms with Gasteiger partial charge >= 0.3 is 0 Å². The first-order chi connectivity index (χ1) is 9.61. The number of methoxy groups -OCH3 is 1. The SMILES string of the molecule is COc1cc(C)ccc1C(=O)CN(C)C1CCNCC1. The Kier molecular flexibility index (Phi) is 5.15. The molecule has 0 aliphatic carbocycles. The number of ketones is 1. The molecule has 1 fully saturated rings. The van der Waals surface area contributed by atoms with E-state index in [4.69, 9.17) is 4.74 Å². The van der Waals surface area contributed by atoms with Gasteiger partial charge in [0, 0.05) is 6.04 Å². The number of aryl methyl sites for hydroxylation is 1. The van der Waals surface area contributed by atoms with E-state index in [0.717, 1.165) is 31.5 Å². The highest BCUT2D eigenvalue weighted by Gasteiger charge is 2.21. The van der Waals surface area contributed by atoms with E-state index >= 15 is 0 Å². The van der Waals surface area contributed by atoms with E-state index in [1.807, 2.05) is 32.2 Å². The lowest BCUT2D eigenvalue weighted by Crippen LogP contribution is -2.43. The third-order valence-corrected chi connectivity index (χ3v) is 3.98. The minimum atomic E-state index is 0.128. The number of hydrogen-bond donors (Lipinski definition) is 1. The predicted octanol–water partition coefficient (Wildman–Crippen LogP) is 1.87. The number of nitrogens with one attached hydrogen (secondary N) is 1. The number of hydrogen-bond acceptors (Lipinski definition) is 4. The highest BCUT2D eigenvalue weighted by molar-refractivity contribution is 6.00. The predicted molar refractivity (Wildman–Crippen MR) is 80.6 cm³/mol. The quantitative estimate of drug-likeness (QED) is 0.834. The number of piperidine rings is 1. The van der Waals surface area contributed by atoms with Gasteiger partial charge in [-0.25, -0.2) is 0 Å². The standard InChI is InChI=1S/C16H24N2O2/c1-12-4-5-14(16(10-12)20-3)15(19)11-18(2)13-6-8-17-9-7-13/h4-5,10,13,17H,6-9,11H2,1-3H3. The second kappa shape index (κ2) is 6.86. The van der Waals surface area contributed by atoms with E-state index < -0.39 is 0 Å². The summed E-state index contributed by atoms with van der Waals surface area (Å²) in [6.45, 7) is 4.52. The molecule has 110 valence electrons. The van der Waals surface area contributed by atoms with E-state index in [1.165, 1.54) is 0 Å². The zero-order valence-electron chi connectivity index (χ0n) is 12.6. The number of likely N-dealkylation sites (N-methyl/N-ethyl adjacent to an activating group) is 1. The molecule has 0 saturated carbocycles. The molecule has 0 atom stereocenters. The summed E-state index contributed by atoms with van der Waals surface area (Å²) in [6.07, 6.45) is 2.21. The fourth-order valence-electron chi connectivity index (χ4n) is 2.72. The maximum atomic E-state index is 12.5. The summed E-state index contributed by atoms with van der Waals surface area (Å²) in [7, 11) is 3.65. The van der Waals surface area contributed by atoms with Gasteiger partial charge < -0.3 is 10.1 Å². The van der Waals surface area contributed by atoms with Gasteiger partial charge in [-0.05, 0) is 57.6 Å². The summed E-state index contributed by atoms with van der Waals surface area (Å²) < 4.78 is 5.32. The Hall–Kier alpha value is -1.39. The van der Waals surface area contributed by atoms with E-state index in [-0.39, 0.29) is 5.78 Å². The second-order valence-electron chi connectivity index (χ2n) is 5.52. The molecule has 0 spiro atoms. The normalized spacial score (nSPS) is 16.4. The lowest BCUT2D eigenvalue weighted by molar-refractivity contribution is 0.0900. The Morgan fingerprint density at radius 2 is 2.10 bits per heavy atom. The second-order valence-corrected chi connectivity index (χ2v) is 5.52. The van der Waals surface area contributed by atoms with Crippen molar-refractivity contribution in [1.82, 2.24) is 10.2 Å². The first-order valence-corrected chi connectivity index (χ1v) is 7.20. The van der Waals surface area contributed by atoms with Gasteiger partial charge in [-0.1, -0.05) is 6.07 Å². The first kappa shape index (κ1) is 15.0. The van der Waals surface area contributed by atoms with E-state index in [9.17, 15) is 4.79 Å². The topological polar surface area (TPSA) is 41.6 Å². The number of rotatable bonds is 5. The summed E-state index contributed by atoms with van der Waals surface area (Å²) in [6, 6.07) is 6.24. The molecule has 0 aromatic heterocycles. The molecule has 4 heteroatoms. The Labute approximate surface area is 121 Å². The molecule has 1 N–H and O–H groups in total. The van der Waals surface area contributed by atoms with Crippen molar-refractivity contribution in [1.29, 1.82) is 0 Å². The molecule has 0 amide bonds. The lowest BCUT2D eigenvalue weighted by Gasteiger charge is -2.31. The zero-order chi connectivity index (χ0) is 14.5. The molecule has 1 saturated heterocycles. The van der Waals surface area contributed by atoms with Crippen LogP contribution in [0.1, 0.15) is 28.8 Å². The maximum Gasteiger partial charge on any atom is 0.180 e. The van der Waals surface area contributed by atoms with Crippen molar-refractivity contribution >= 4 is 5.78 Å². The fourth-order valence-corrected chi connectivity index (χ4v) is 2.72. The Bertz CT molecular complexity index is 468. The monoisotopic (exact) mass is 276 g/mol. The molecule has 1 heterocycles. The molecular weight excluding hydrogens is 252 g/mol. The van der Waals surface area contributed by atoms with Crippen molar-refractivity contribution in [2.75, 3.05) is 33.8 Å². The Balaban J connectivity index is 2.03. The number of nitrogens with zero attached hydrogens (tertiary/aromatic N) is 1. The molecule has 2 rings (SSSR count). The van der Waals surface area contributed by atoms with Crippen molar-refractivity contribution in [3.63, 3.8) is 0 Å². The molecule has 20 heavy (non-hydrogen) atoms. The van der Waals surface area contributed by atoms with Crippen molar-refractivity contribution in [2.45, 2.75) is 25.8 Å². The third-order valence-electron chi connectivity index (χ3n) is 3.98. The number of carbonyl (C=O) groups excluding carboxylic acids is 1. The zero-order valence-corrected chi connectivity index (χ0v) is 12.6. The van der Waals surface area contributed by atoms with Crippen LogP contribution in [-0.2, 0) is 0 Å². The van der Waals surface area contributed by atoms with E-state index in [0.29, 0.717) is 23.9 Å². The van der Waals surface area contributed by atoms with Crippen molar-refractivity contribution in [3.8, 4) is 5.75 Å². The van der Waals surface area contributed by atoms with Crippen molar-refractivity contribution in [2.24, 2.45) is 0 Å². The lowest BCUT2D eigenvalue weighted by atomic mass is 10.0. The number of Topliss-reactive ketones (excluding diaryl/α,β-unsaturated/α-hetero) is 1. The molecule has 1 aromatic rings. The fraction of sp³-hybridized carbons (Fsp3) is 0.562. The van der Waals surface area contributed by atoms with Crippen LogP contribution in [0, 0.1) is 6.92 Å². The highest BCUT2D eigenvalue weighted by Crippen LogP contribution is 2.21. The van der Waals surface area contributed by atoms with Crippen LogP contribution in [-0.4, -0.2) is 50.5 Å². The van der Waals surface area contributed by atoms with Crippen LogP contribution in [0.25, 0.3) is 0 Å². The molecule has 1 aliphatic rings. The van der Waals surface area contributed by atoms with Crippen LogP contribution in [0.2, 0.25) is 0 Å². The molecule has 1 aliphatic heterocycles. The first-order valence-electron chi connectivity index (χ1n) is 7.20. The summed E-state index contributed by atoms with van der Waals surface area (Å²) in [5.41, 5.74) is 1.78. The van der Waals surface area contributed by atoms with Crippen molar-refractivity contribution < 1.29 is 9.53 Å². The van der Waals surface area contributed by atoms with Gasteiger partial charge in [0.25, 0.3) is 0 Å². The van der Waals surface area contributed by atoms with Gasteiger partial charge in [-0.3, -0.25) is 9.69 Å². The minimum Gasteiger partial charge on any atom is -0.496 e. The Morgan fingerprint density at radius 1 is 1.40 bits per heavy atom. The van der Waals surface area contributed by atoms with Gasteiger partial charge in [0.1, 0.15) is 5.75 Å². The number of ether oxygens (including phenoxy) is 1. The van der Waals surface area contributed by atoms with Crippen LogP contribution in [0.4, 0.5) is 0 Å². The third kappa shape index (κ3) is 3.58. The Morgan fingerprint density at radius 3 is 2.75 bits per heavy atom. The molecule has 0 radical (unpaired) electrons. The van der Waals surface area contributed by atoms with E-state index in [1.54, 1.807) is 7.11 Å². The van der Waals surface area contributed by atoms with Crippen LogP contribution in [0.5, 0.6) is 5.75 Å². The van der Waals surface area contributed by atoms with Crippen LogP contribution in [0.3, 0.4) is 0 Å². The molecular formula is C16H24N2O2. The average Bonchev–Trinajstić information content (AvgIpc) is 2.47. The van der Waals surface area contributed by atoms with Crippen LogP contribution in [0.15, 0.2) is 18.2 Å². The van der Waals surface area contributed by atoms with Gasteiger partial charge in [-0.15, -0.1) is 0 Å². The van der Waals surface area contributed by atoms with E-state index in [2.05, 4.69) is 10.2 Å². The summed E-state index contributed by atoms with van der Waals surface area (Å²) in [5.74, 6) is 0.802. The highest BCUT2D eigenvalue weighted by atomic mass is 16.5. The molecule has 4 nitrogen and oxygen atoms in total. The summed E-state index contributed by atoms with van der Waals surface area (Å²) >= 11 is 0. The van der Waals surface area contributed by atoms with Gasteiger partial charge in [0.15, 0.2) is 5.78 Å². The van der Waals surface area contributed by atoms with Gasteiger partial charge in [-0.2, -0.15) is 0 Å². The maximum absolute atomic E-state index is 12.5. The van der Waals surface area contributed by atoms with Crippen LogP contribution < -0.4 is 10.1 Å². The largest absolute Gasteiger partial charge is 0.496 e. The average molecular weight is 276 g/mol. The van der Waals surface area contributed by atoms with Gasteiger partial charge in [0.05, 0.1) is 19.2 Å². The summed E-state index contributed by atoms with van der Waals surface area (Å²) in [4.78, 5) is 14.6. The molecule has 0 unspecified atom stereocenters. The smallest absolute Gasteiger partial charge is 0.180 e.